The number of carbonyl (C=O) groups is 2. The summed E-state index contributed by atoms with van der Waals surface area (Å²) in [4.78, 5) is 24.6. The summed E-state index contributed by atoms with van der Waals surface area (Å²) in [7, 11) is 0. The number of carboxylic acid groups (broad SMARTS) is 1. The quantitative estimate of drug-likeness (QED) is 0.653. The molecule has 98 valence electrons. The third kappa shape index (κ3) is 1.30. The van der Waals surface area contributed by atoms with Crippen molar-refractivity contribution in [1.82, 2.24) is 4.90 Å². The van der Waals surface area contributed by atoms with Gasteiger partial charge in [0.05, 0.1) is 24.7 Å². The molecule has 0 radical (unpaired) electrons. The van der Waals surface area contributed by atoms with Crippen molar-refractivity contribution in [2.45, 2.75) is 25.5 Å². The van der Waals surface area contributed by atoms with E-state index in [2.05, 4.69) is 0 Å². The van der Waals surface area contributed by atoms with Crippen molar-refractivity contribution < 1.29 is 24.5 Å². The van der Waals surface area contributed by atoms with Crippen LogP contribution in [0.5, 0.6) is 0 Å². The van der Waals surface area contributed by atoms with E-state index in [4.69, 9.17) is 4.74 Å². The largest absolute Gasteiger partial charge is 0.477 e. The zero-order valence-electron chi connectivity index (χ0n) is 10.00. The van der Waals surface area contributed by atoms with E-state index in [-0.39, 0.29) is 30.2 Å². The summed E-state index contributed by atoms with van der Waals surface area (Å²) in [5.41, 5.74) is 0.779. The molecule has 2 saturated heterocycles. The molecule has 0 aromatic heterocycles. The lowest BCUT2D eigenvalue weighted by Crippen LogP contribution is -2.64. The number of aliphatic carboxylic acids is 1. The molecule has 0 spiro atoms. The fourth-order valence-corrected chi connectivity index (χ4v) is 3.40. The molecule has 0 saturated carbocycles. The normalized spacial score (nSPS) is 36.0. The molecule has 3 heterocycles. The molecule has 0 aromatic carbocycles. The highest BCUT2D eigenvalue weighted by Gasteiger charge is 2.61. The number of nitrogens with zero attached hydrogens (tertiary/aromatic N) is 1. The molecule has 3 rings (SSSR count). The number of rotatable bonds is 2. The topological polar surface area (TPSA) is 87.1 Å². The molecular weight excluding hydrogens is 238 g/mol. The molecule has 2 N–H and O–H groups in total. The number of fused-ring (bicyclic) bond motifs is 3. The number of aliphatic hydroxyl groups is 1. The fourth-order valence-electron chi connectivity index (χ4n) is 3.40. The van der Waals surface area contributed by atoms with Gasteiger partial charge >= 0.3 is 5.97 Å². The van der Waals surface area contributed by atoms with Crippen LogP contribution in [0, 0.1) is 11.8 Å². The molecule has 18 heavy (non-hydrogen) atoms. The van der Waals surface area contributed by atoms with Crippen LogP contribution >= 0.6 is 0 Å². The van der Waals surface area contributed by atoms with Gasteiger partial charge in [-0.15, -0.1) is 0 Å². The lowest BCUT2D eigenvalue weighted by molar-refractivity contribution is -0.163. The molecule has 0 aromatic rings. The van der Waals surface area contributed by atoms with Gasteiger partial charge in [-0.05, 0) is 18.9 Å². The van der Waals surface area contributed by atoms with E-state index in [9.17, 15) is 19.8 Å². The summed E-state index contributed by atoms with van der Waals surface area (Å²) in [5.74, 6) is -1.81. The smallest absolute Gasteiger partial charge is 0.352 e. The van der Waals surface area contributed by atoms with E-state index in [1.807, 2.05) is 0 Å². The van der Waals surface area contributed by atoms with E-state index < -0.39 is 18.0 Å². The first-order valence-corrected chi connectivity index (χ1v) is 6.09. The van der Waals surface area contributed by atoms with E-state index >= 15 is 0 Å². The van der Waals surface area contributed by atoms with Crippen molar-refractivity contribution in [3.63, 3.8) is 0 Å². The number of carboxylic acids is 1. The lowest BCUT2D eigenvalue weighted by atomic mass is 9.75. The van der Waals surface area contributed by atoms with Crippen molar-refractivity contribution in [3.05, 3.63) is 11.3 Å². The summed E-state index contributed by atoms with van der Waals surface area (Å²) >= 11 is 0. The Bertz CT molecular complexity index is 455. The standard InChI is InChI=1S/C12H15NO5/c1-5(14)8-9-6-2-3-18-4-7(6)10(12(16)17)13(9)11(8)15/h5-6,8-9,14H,2-4H2,1H3,(H,16,17)/t5-,6-,8-,9-/m1/s1. The van der Waals surface area contributed by atoms with Gasteiger partial charge in [0.25, 0.3) is 0 Å². The minimum Gasteiger partial charge on any atom is -0.477 e. The Labute approximate surface area is 104 Å². The number of β-lactam (4-membered cyclic amide) rings is 1. The summed E-state index contributed by atoms with van der Waals surface area (Å²) in [6.45, 7) is 2.43. The third-order valence-corrected chi connectivity index (χ3v) is 4.15. The highest BCUT2D eigenvalue weighted by atomic mass is 16.5. The maximum atomic E-state index is 12.0. The second-order valence-electron chi connectivity index (χ2n) is 5.09. The average Bonchev–Trinajstić information content (AvgIpc) is 2.60. The van der Waals surface area contributed by atoms with Gasteiger partial charge in [0.1, 0.15) is 5.70 Å². The van der Waals surface area contributed by atoms with Crippen LogP contribution < -0.4 is 0 Å². The Kier molecular flexibility index (Phi) is 2.46. The van der Waals surface area contributed by atoms with Crippen LogP contribution in [-0.2, 0) is 14.3 Å². The highest BCUT2D eigenvalue weighted by molar-refractivity contribution is 6.00. The number of hydrogen-bond acceptors (Lipinski definition) is 4. The van der Waals surface area contributed by atoms with Crippen LogP contribution in [0.15, 0.2) is 11.3 Å². The van der Waals surface area contributed by atoms with Gasteiger partial charge in [0, 0.05) is 12.5 Å². The molecule has 4 atom stereocenters. The van der Waals surface area contributed by atoms with Crippen LogP contribution in [0.2, 0.25) is 0 Å². The second-order valence-corrected chi connectivity index (χ2v) is 5.09. The van der Waals surface area contributed by atoms with Crippen molar-refractivity contribution >= 4 is 11.9 Å². The SMILES string of the molecule is C[C@@H](O)[C@H]1C(=O)N2C(C(=O)O)=C3COCC[C@H]3[C@H]12. The summed E-state index contributed by atoms with van der Waals surface area (Å²) in [6, 6.07) is -0.192. The van der Waals surface area contributed by atoms with Gasteiger partial charge in [-0.25, -0.2) is 4.79 Å². The van der Waals surface area contributed by atoms with Crippen molar-refractivity contribution in [2.24, 2.45) is 11.8 Å². The summed E-state index contributed by atoms with van der Waals surface area (Å²) in [5, 5.41) is 18.9. The lowest BCUT2D eigenvalue weighted by Gasteiger charge is -2.47. The van der Waals surface area contributed by atoms with E-state index in [0.717, 1.165) is 0 Å². The zero-order chi connectivity index (χ0) is 13.0. The van der Waals surface area contributed by atoms with E-state index in [0.29, 0.717) is 18.6 Å². The average molecular weight is 253 g/mol. The predicted molar refractivity (Wildman–Crippen MR) is 59.4 cm³/mol. The van der Waals surface area contributed by atoms with Crippen LogP contribution in [0.1, 0.15) is 13.3 Å². The van der Waals surface area contributed by atoms with Gasteiger partial charge < -0.3 is 19.8 Å². The minimum absolute atomic E-state index is 0.0298. The Hall–Kier alpha value is -1.40. The Morgan fingerprint density at radius 1 is 1.56 bits per heavy atom. The van der Waals surface area contributed by atoms with Crippen molar-refractivity contribution in [1.29, 1.82) is 0 Å². The molecular formula is C12H15NO5. The van der Waals surface area contributed by atoms with E-state index in [1.165, 1.54) is 4.90 Å². The third-order valence-electron chi connectivity index (χ3n) is 4.15. The first-order chi connectivity index (χ1) is 8.54. The zero-order valence-corrected chi connectivity index (χ0v) is 10.00. The number of hydrogen-bond donors (Lipinski definition) is 2. The number of carbonyl (C=O) groups excluding carboxylic acids is 1. The van der Waals surface area contributed by atoms with Crippen molar-refractivity contribution in [2.75, 3.05) is 13.2 Å². The molecule has 2 fully saturated rings. The molecule has 6 nitrogen and oxygen atoms in total. The summed E-state index contributed by atoms with van der Waals surface area (Å²) in [6.07, 6.45) is -0.0277. The molecule has 0 unspecified atom stereocenters. The van der Waals surface area contributed by atoms with Gasteiger partial charge in [0.15, 0.2) is 0 Å². The maximum Gasteiger partial charge on any atom is 0.352 e. The van der Waals surface area contributed by atoms with Gasteiger partial charge in [-0.2, -0.15) is 0 Å². The Balaban J connectivity index is 2.00. The molecule has 3 aliphatic rings. The van der Waals surface area contributed by atoms with Crippen LogP contribution in [0.25, 0.3) is 0 Å². The first kappa shape index (κ1) is 11.7. The van der Waals surface area contributed by atoms with Crippen LogP contribution in [0.3, 0.4) is 0 Å². The first-order valence-electron chi connectivity index (χ1n) is 6.09. The number of ether oxygens (including phenoxy) is 1. The molecule has 6 heteroatoms. The molecule has 3 aliphatic heterocycles. The minimum atomic E-state index is -1.08. The van der Waals surface area contributed by atoms with Crippen LogP contribution in [0.4, 0.5) is 0 Å². The van der Waals surface area contributed by atoms with Crippen molar-refractivity contribution in [3.8, 4) is 0 Å². The monoisotopic (exact) mass is 253 g/mol. The summed E-state index contributed by atoms with van der Waals surface area (Å²) < 4.78 is 5.30. The maximum absolute atomic E-state index is 12.0. The van der Waals surface area contributed by atoms with Gasteiger partial charge in [0.2, 0.25) is 5.91 Å². The van der Waals surface area contributed by atoms with Gasteiger partial charge in [-0.1, -0.05) is 0 Å². The fraction of sp³-hybridized carbons (Fsp3) is 0.667. The molecule has 1 amide bonds. The molecule has 0 bridgehead atoms. The predicted octanol–water partition coefficient (Wildman–Crippen LogP) is -0.417. The molecule has 0 aliphatic carbocycles. The Morgan fingerprint density at radius 3 is 2.89 bits per heavy atom. The highest BCUT2D eigenvalue weighted by Crippen LogP contribution is 2.49. The van der Waals surface area contributed by atoms with Gasteiger partial charge in [-0.3, -0.25) is 4.79 Å². The van der Waals surface area contributed by atoms with Crippen LogP contribution in [-0.4, -0.2) is 52.3 Å². The second kappa shape index (κ2) is 3.80. The van der Waals surface area contributed by atoms with E-state index in [1.54, 1.807) is 6.92 Å². The number of aliphatic hydroxyl groups excluding tert-OH is 1. The number of amides is 1. The Morgan fingerprint density at radius 2 is 2.28 bits per heavy atom.